The van der Waals surface area contributed by atoms with Gasteiger partial charge in [-0.25, -0.2) is 8.42 Å². The van der Waals surface area contributed by atoms with E-state index in [0.29, 0.717) is 24.4 Å². The molecular formula is C25H32N2O5S. The molecule has 0 saturated carbocycles. The number of likely N-dealkylation sites (N-methyl/N-ethyl adjacent to an activating group) is 1. The molecule has 0 aliphatic carbocycles. The number of piperidine rings is 1. The molecule has 1 aliphatic heterocycles. The number of hydrogen-bond donors (Lipinski definition) is 0. The number of rotatable bonds is 7. The van der Waals surface area contributed by atoms with E-state index in [1.807, 2.05) is 30.3 Å². The number of anilines is 1. The Morgan fingerprint density at radius 1 is 0.970 bits per heavy atom. The van der Waals surface area contributed by atoms with Crippen molar-refractivity contribution in [2.24, 2.45) is 5.92 Å². The van der Waals surface area contributed by atoms with Gasteiger partial charge >= 0.3 is 5.97 Å². The molecule has 0 unspecified atom stereocenters. The topological polar surface area (TPSA) is 84.0 Å². The first-order valence-electron chi connectivity index (χ1n) is 11.2. The van der Waals surface area contributed by atoms with Crippen molar-refractivity contribution in [3.8, 4) is 0 Å². The number of ether oxygens (including phenoxy) is 1. The average Bonchev–Trinajstić information content (AvgIpc) is 2.83. The Labute approximate surface area is 196 Å². The van der Waals surface area contributed by atoms with Crippen LogP contribution in [0.3, 0.4) is 0 Å². The standard InChI is InChI=1S/C25H32N2O5S/c1-18(2)20-10-12-23(13-11-20)33(30,31)27-16-14-21(15-17-27)25(29)32-19(3)24(28)26(4)22-8-6-5-7-9-22/h5-13,18-19,21H,14-17H2,1-4H3/t19-/m1/s1. The third kappa shape index (κ3) is 5.81. The van der Waals surface area contributed by atoms with Crippen LogP contribution < -0.4 is 4.90 Å². The molecule has 1 heterocycles. The predicted octanol–water partition coefficient (Wildman–Crippen LogP) is 3.81. The summed E-state index contributed by atoms with van der Waals surface area (Å²) in [5.41, 5.74) is 1.79. The summed E-state index contributed by atoms with van der Waals surface area (Å²) in [6.07, 6.45) is -0.209. The van der Waals surface area contributed by atoms with E-state index in [2.05, 4.69) is 13.8 Å². The normalized spacial score (nSPS) is 16.4. The minimum atomic E-state index is -3.61. The van der Waals surface area contributed by atoms with Crippen LogP contribution in [0, 0.1) is 5.92 Å². The Morgan fingerprint density at radius 3 is 2.09 bits per heavy atom. The van der Waals surface area contributed by atoms with E-state index in [4.69, 9.17) is 4.74 Å². The van der Waals surface area contributed by atoms with Crippen molar-refractivity contribution in [1.29, 1.82) is 0 Å². The molecule has 2 aromatic carbocycles. The van der Waals surface area contributed by atoms with E-state index in [1.54, 1.807) is 38.2 Å². The number of carbonyl (C=O) groups excluding carboxylic acids is 2. The monoisotopic (exact) mass is 472 g/mol. The van der Waals surface area contributed by atoms with E-state index >= 15 is 0 Å². The number of sulfonamides is 1. The number of esters is 1. The summed E-state index contributed by atoms with van der Waals surface area (Å²) in [7, 11) is -1.97. The van der Waals surface area contributed by atoms with Crippen molar-refractivity contribution in [1.82, 2.24) is 4.31 Å². The number of benzene rings is 2. The summed E-state index contributed by atoms with van der Waals surface area (Å²) >= 11 is 0. The molecule has 1 atom stereocenters. The lowest BCUT2D eigenvalue weighted by Crippen LogP contribution is -2.42. The van der Waals surface area contributed by atoms with Crippen LogP contribution in [0.4, 0.5) is 5.69 Å². The number of para-hydroxylation sites is 1. The Bertz CT molecular complexity index is 1060. The van der Waals surface area contributed by atoms with Gasteiger partial charge in [-0.15, -0.1) is 0 Å². The van der Waals surface area contributed by atoms with Crippen molar-refractivity contribution in [2.75, 3.05) is 25.0 Å². The van der Waals surface area contributed by atoms with E-state index in [1.165, 1.54) is 9.21 Å². The SMILES string of the molecule is CC(C)c1ccc(S(=O)(=O)N2CCC(C(=O)O[C@H](C)C(=O)N(C)c3ccccc3)CC2)cc1. The van der Waals surface area contributed by atoms with Gasteiger partial charge in [0.25, 0.3) is 5.91 Å². The number of carbonyl (C=O) groups is 2. The fourth-order valence-corrected chi connectivity index (χ4v) is 5.35. The van der Waals surface area contributed by atoms with E-state index in [-0.39, 0.29) is 23.9 Å². The molecule has 1 amide bonds. The lowest BCUT2D eigenvalue weighted by Gasteiger charge is -2.31. The number of hydrogen-bond acceptors (Lipinski definition) is 5. The third-order valence-corrected chi connectivity index (χ3v) is 8.00. The maximum absolute atomic E-state index is 13.0. The quantitative estimate of drug-likeness (QED) is 0.572. The summed E-state index contributed by atoms with van der Waals surface area (Å²) in [5.74, 6) is -0.891. The predicted molar refractivity (Wildman–Crippen MR) is 127 cm³/mol. The first kappa shape index (κ1) is 24.9. The number of nitrogens with zero attached hydrogens (tertiary/aromatic N) is 2. The van der Waals surface area contributed by atoms with Crippen molar-refractivity contribution in [3.63, 3.8) is 0 Å². The highest BCUT2D eigenvalue weighted by Crippen LogP contribution is 2.26. The molecule has 33 heavy (non-hydrogen) atoms. The summed E-state index contributed by atoms with van der Waals surface area (Å²) < 4.78 is 32.8. The van der Waals surface area contributed by atoms with Gasteiger partial charge in [-0.3, -0.25) is 9.59 Å². The molecule has 0 spiro atoms. The second-order valence-electron chi connectivity index (χ2n) is 8.71. The van der Waals surface area contributed by atoms with Crippen LogP contribution >= 0.6 is 0 Å². The van der Waals surface area contributed by atoms with Gasteiger partial charge in [0.1, 0.15) is 0 Å². The molecule has 2 aromatic rings. The Hall–Kier alpha value is -2.71. The molecule has 8 heteroatoms. The molecule has 0 radical (unpaired) electrons. The fourth-order valence-electron chi connectivity index (χ4n) is 3.88. The molecule has 1 aliphatic rings. The van der Waals surface area contributed by atoms with Crippen LogP contribution in [0.15, 0.2) is 59.5 Å². The summed E-state index contributed by atoms with van der Waals surface area (Å²) in [6, 6.07) is 16.1. The average molecular weight is 473 g/mol. The van der Waals surface area contributed by atoms with E-state index in [0.717, 1.165) is 5.56 Å². The van der Waals surface area contributed by atoms with Crippen molar-refractivity contribution < 1.29 is 22.7 Å². The molecule has 0 N–H and O–H groups in total. The van der Waals surface area contributed by atoms with Gasteiger partial charge in [-0.1, -0.05) is 44.2 Å². The van der Waals surface area contributed by atoms with Crippen LogP contribution in [-0.2, 0) is 24.3 Å². The molecule has 1 saturated heterocycles. The van der Waals surface area contributed by atoms with Gasteiger partial charge in [-0.2, -0.15) is 4.31 Å². The van der Waals surface area contributed by atoms with Crippen molar-refractivity contribution in [3.05, 3.63) is 60.2 Å². The maximum atomic E-state index is 13.0. The van der Waals surface area contributed by atoms with Crippen molar-refractivity contribution >= 4 is 27.6 Å². The first-order chi connectivity index (χ1) is 15.6. The highest BCUT2D eigenvalue weighted by Gasteiger charge is 2.34. The molecule has 0 aromatic heterocycles. The van der Waals surface area contributed by atoms with Gasteiger partial charge in [0, 0.05) is 25.8 Å². The first-order valence-corrected chi connectivity index (χ1v) is 12.7. The van der Waals surface area contributed by atoms with Crippen LogP contribution in [0.25, 0.3) is 0 Å². The Kier molecular flexibility index (Phi) is 7.92. The van der Waals surface area contributed by atoms with Gasteiger partial charge < -0.3 is 9.64 Å². The molecule has 7 nitrogen and oxygen atoms in total. The van der Waals surface area contributed by atoms with Gasteiger partial charge in [0.05, 0.1) is 10.8 Å². The number of amides is 1. The summed E-state index contributed by atoms with van der Waals surface area (Å²) in [6.45, 7) is 6.14. The second-order valence-corrected chi connectivity index (χ2v) is 10.7. The fraction of sp³-hybridized carbons (Fsp3) is 0.440. The Balaban J connectivity index is 1.55. The second kappa shape index (κ2) is 10.5. The molecule has 0 bridgehead atoms. The van der Waals surface area contributed by atoms with E-state index < -0.39 is 28.0 Å². The summed E-state index contributed by atoms with van der Waals surface area (Å²) in [5, 5.41) is 0. The zero-order valence-electron chi connectivity index (χ0n) is 19.6. The van der Waals surface area contributed by atoms with Gasteiger partial charge in [-0.05, 0) is 55.5 Å². The Morgan fingerprint density at radius 2 is 1.55 bits per heavy atom. The maximum Gasteiger partial charge on any atom is 0.309 e. The van der Waals surface area contributed by atoms with Gasteiger partial charge in [0.2, 0.25) is 10.0 Å². The van der Waals surface area contributed by atoms with Crippen molar-refractivity contribution in [2.45, 2.75) is 50.5 Å². The minimum Gasteiger partial charge on any atom is -0.452 e. The highest BCUT2D eigenvalue weighted by atomic mass is 32.2. The largest absolute Gasteiger partial charge is 0.452 e. The zero-order chi connectivity index (χ0) is 24.2. The molecule has 3 rings (SSSR count). The molecule has 178 valence electrons. The van der Waals surface area contributed by atoms with Gasteiger partial charge in [0.15, 0.2) is 6.10 Å². The molecule has 1 fully saturated rings. The smallest absolute Gasteiger partial charge is 0.309 e. The zero-order valence-corrected chi connectivity index (χ0v) is 20.4. The summed E-state index contributed by atoms with van der Waals surface area (Å²) in [4.78, 5) is 27.0. The molecular weight excluding hydrogens is 440 g/mol. The minimum absolute atomic E-state index is 0.236. The van der Waals surface area contributed by atoms with Crippen LogP contribution in [-0.4, -0.2) is 50.8 Å². The van der Waals surface area contributed by atoms with Crippen LogP contribution in [0.5, 0.6) is 0 Å². The third-order valence-electron chi connectivity index (χ3n) is 6.09. The van der Waals surface area contributed by atoms with Crippen LogP contribution in [0.1, 0.15) is 45.1 Å². The highest BCUT2D eigenvalue weighted by molar-refractivity contribution is 7.89. The van der Waals surface area contributed by atoms with E-state index in [9.17, 15) is 18.0 Å². The van der Waals surface area contributed by atoms with Crippen LogP contribution in [0.2, 0.25) is 0 Å². The lowest BCUT2D eigenvalue weighted by atomic mass is 9.98. The lowest BCUT2D eigenvalue weighted by molar-refractivity contribution is -0.159.